The number of methoxy groups -OCH3 is 1. The number of nitrogens with zero attached hydrogens (tertiary/aromatic N) is 3. The number of benzene rings is 2. The summed E-state index contributed by atoms with van der Waals surface area (Å²) in [6, 6.07) is 10.5. The fourth-order valence-electron chi connectivity index (χ4n) is 3.90. The lowest BCUT2D eigenvalue weighted by Crippen LogP contribution is -2.52. The van der Waals surface area contributed by atoms with Gasteiger partial charge in [0.2, 0.25) is 15.9 Å². The minimum absolute atomic E-state index is 0.159. The number of hydrogen-bond acceptors (Lipinski definition) is 5. The summed E-state index contributed by atoms with van der Waals surface area (Å²) >= 11 is 6.15. The van der Waals surface area contributed by atoms with E-state index in [2.05, 4.69) is 4.90 Å². The quantitative estimate of drug-likeness (QED) is 0.609. The highest BCUT2D eigenvalue weighted by molar-refractivity contribution is 7.89. The van der Waals surface area contributed by atoms with Crippen LogP contribution in [-0.2, 0) is 14.8 Å². The third-order valence-corrected chi connectivity index (χ3v) is 7.96. The maximum atomic E-state index is 13.1. The molecule has 0 unspecified atom stereocenters. The highest BCUT2D eigenvalue weighted by atomic mass is 35.5. The Labute approximate surface area is 195 Å². The van der Waals surface area contributed by atoms with E-state index in [0.717, 1.165) is 16.8 Å². The Hall–Kier alpha value is -2.29. The maximum absolute atomic E-state index is 13.1. The molecule has 7 nitrogen and oxygen atoms in total. The Morgan fingerprint density at radius 3 is 2.34 bits per heavy atom. The summed E-state index contributed by atoms with van der Waals surface area (Å²) in [5, 5.41) is 0.682. The van der Waals surface area contributed by atoms with Gasteiger partial charge in [-0.05, 0) is 55.3 Å². The van der Waals surface area contributed by atoms with Crippen LogP contribution in [-0.4, -0.2) is 69.9 Å². The van der Waals surface area contributed by atoms with E-state index in [1.54, 1.807) is 38.0 Å². The molecule has 1 aliphatic heterocycles. The molecule has 0 spiro atoms. The Balaban J connectivity index is 1.66. The monoisotopic (exact) mass is 479 g/mol. The fourth-order valence-corrected chi connectivity index (χ4v) is 5.55. The number of rotatable bonds is 7. The highest BCUT2D eigenvalue weighted by Gasteiger charge is 2.29. The molecule has 1 aliphatic rings. The van der Waals surface area contributed by atoms with Crippen molar-refractivity contribution in [2.75, 3.05) is 51.3 Å². The second-order valence-electron chi connectivity index (χ2n) is 7.86. The van der Waals surface area contributed by atoms with Crippen molar-refractivity contribution in [2.24, 2.45) is 0 Å². The van der Waals surface area contributed by atoms with Gasteiger partial charge >= 0.3 is 0 Å². The second kappa shape index (κ2) is 10.1. The van der Waals surface area contributed by atoms with Crippen LogP contribution in [0.4, 0.5) is 5.69 Å². The predicted molar refractivity (Wildman–Crippen MR) is 127 cm³/mol. The summed E-state index contributed by atoms with van der Waals surface area (Å²) in [5.41, 5.74) is 2.92. The van der Waals surface area contributed by atoms with Gasteiger partial charge in [-0.2, -0.15) is 4.31 Å². The lowest BCUT2D eigenvalue weighted by Gasteiger charge is -2.37. The lowest BCUT2D eigenvalue weighted by molar-refractivity contribution is -0.131. The highest BCUT2D eigenvalue weighted by Crippen LogP contribution is 2.26. The maximum Gasteiger partial charge on any atom is 0.243 e. The number of carbonyl (C=O) groups excluding carboxylic acids is 1. The third-order valence-electron chi connectivity index (χ3n) is 5.81. The molecule has 0 radical (unpaired) electrons. The van der Waals surface area contributed by atoms with Crippen LogP contribution in [0.25, 0.3) is 0 Å². The van der Waals surface area contributed by atoms with Gasteiger partial charge in [-0.15, -0.1) is 0 Å². The summed E-state index contributed by atoms with van der Waals surface area (Å²) in [6.45, 7) is 8.00. The van der Waals surface area contributed by atoms with Crippen LogP contribution in [0.15, 0.2) is 41.3 Å². The van der Waals surface area contributed by atoms with Crippen molar-refractivity contribution < 1.29 is 17.9 Å². The number of aryl methyl sites for hydroxylation is 2. The van der Waals surface area contributed by atoms with Crippen molar-refractivity contribution in [1.29, 1.82) is 0 Å². The largest absolute Gasteiger partial charge is 0.496 e. The van der Waals surface area contributed by atoms with Gasteiger partial charge < -0.3 is 14.5 Å². The van der Waals surface area contributed by atoms with Crippen LogP contribution in [0, 0.1) is 13.8 Å². The van der Waals surface area contributed by atoms with Crippen molar-refractivity contribution in [1.82, 2.24) is 9.21 Å². The number of piperazine rings is 1. The molecule has 0 saturated carbocycles. The molecule has 0 bridgehead atoms. The SMILES string of the molecule is CCN(CC(=O)N1CCN(c2cc(Cl)ccc2C)CC1)S(=O)(=O)c1ccc(OC)c(C)c1. The molecule has 0 aromatic heterocycles. The molecule has 9 heteroatoms. The van der Waals surface area contributed by atoms with E-state index in [9.17, 15) is 13.2 Å². The zero-order valence-electron chi connectivity index (χ0n) is 19.0. The Morgan fingerprint density at radius 2 is 1.75 bits per heavy atom. The van der Waals surface area contributed by atoms with Gasteiger partial charge in [0.25, 0.3) is 0 Å². The number of amides is 1. The minimum Gasteiger partial charge on any atom is -0.496 e. The predicted octanol–water partition coefficient (Wildman–Crippen LogP) is 3.32. The molecule has 174 valence electrons. The topological polar surface area (TPSA) is 70.2 Å². The number of anilines is 1. The molecule has 2 aromatic carbocycles. The third kappa shape index (κ3) is 5.19. The van der Waals surface area contributed by atoms with Crippen molar-refractivity contribution >= 4 is 33.2 Å². The average molecular weight is 480 g/mol. The fraction of sp³-hybridized carbons (Fsp3) is 0.435. The molecule has 0 N–H and O–H groups in total. The van der Waals surface area contributed by atoms with E-state index in [0.29, 0.717) is 37.0 Å². The van der Waals surface area contributed by atoms with Gasteiger partial charge in [-0.1, -0.05) is 24.6 Å². The standard InChI is InChI=1S/C23H30ClN3O4S/c1-5-27(32(29,30)20-8-9-22(31-4)18(3)14-20)16-23(28)26-12-10-25(11-13-26)21-15-19(24)7-6-17(21)2/h6-9,14-15H,5,10-13,16H2,1-4H3. The number of hydrogen-bond donors (Lipinski definition) is 0. The van der Waals surface area contributed by atoms with Crippen LogP contribution in [0.2, 0.25) is 5.02 Å². The summed E-state index contributed by atoms with van der Waals surface area (Å²) in [6.07, 6.45) is 0. The number of sulfonamides is 1. The molecular weight excluding hydrogens is 450 g/mol. The molecule has 1 fully saturated rings. The van der Waals surface area contributed by atoms with E-state index in [1.165, 1.54) is 10.4 Å². The Morgan fingerprint density at radius 1 is 1.06 bits per heavy atom. The van der Waals surface area contributed by atoms with Gasteiger partial charge in [0.1, 0.15) is 5.75 Å². The van der Waals surface area contributed by atoms with Crippen LogP contribution in [0.5, 0.6) is 5.75 Å². The van der Waals surface area contributed by atoms with Crippen LogP contribution < -0.4 is 9.64 Å². The summed E-state index contributed by atoms with van der Waals surface area (Å²) < 4.78 is 32.7. The lowest BCUT2D eigenvalue weighted by atomic mass is 10.1. The molecular formula is C23H30ClN3O4S. The molecule has 1 saturated heterocycles. The van der Waals surface area contributed by atoms with Gasteiger partial charge in [0.15, 0.2) is 0 Å². The minimum atomic E-state index is -3.79. The molecule has 1 heterocycles. The molecule has 3 rings (SSSR count). The molecule has 2 aromatic rings. The van der Waals surface area contributed by atoms with E-state index < -0.39 is 10.0 Å². The first-order valence-electron chi connectivity index (χ1n) is 10.6. The average Bonchev–Trinajstić information content (AvgIpc) is 2.78. The number of halogens is 1. The van der Waals surface area contributed by atoms with Crippen LogP contribution >= 0.6 is 11.6 Å². The van der Waals surface area contributed by atoms with Crippen molar-refractivity contribution in [2.45, 2.75) is 25.7 Å². The van der Waals surface area contributed by atoms with Gasteiger partial charge in [0, 0.05) is 43.4 Å². The molecule has 1 amide bonds. The zero-order chi connectivity index (χ0) is 23.5. The summed E-state index contributed by atoms with van der Waals surface area (Å²) in [5.74, 6) is 0.430. The van der Waals surface area contributed by atoms with E-state index in [4.69, 9.17) is 16.3 Å². The normalized spacial score (nSPS) is 14.7. The van der Waals surface area contributed by atoms with E-state index >= 15 is 0 Å². The summed E-state index contributed by atoms with van der Waals surface area (Å²) in [4.78, 5) is 17.0. The first-order chi connectivity index (χ1) is 15.2. The molecule has 0 atom stereocenters. The molecule has 32 heavy (non-hydrogen) atoms. The zero-order valence-corrected chi connectivity index (χ0v) is 20.5. The molecule has 0 aliphatic carbocycles. The second-order valence-corrected chi connectivity index (χ2v) is 10.2. The first kappa shape index (κ1) is 24.4. The van der Waals surface area contributed by atoms with Crippen LogP contribution in [0.1, 0.15) is 18.1 Å². The van der Waals surface area contributed by atoms with Crippen molar-refractivity contribution in [3.63, 3.8) is 0 Å². The van der Waals surface area contributed by atoms with Crippen LogP contribution in [0.3, 0.4) is 0 Å². The Kier molecular flexibility index (Phi) is 7.69. The first-order valence-corrected chi connectivity index (χ1v) is 12.4. The number of likely N-dealkylation sites (N-methyl/N-ethyl adjacent to an activating group) is 1. The Bertz CT molecular complexity index is 1080. The van der Waals surface area contributed by atoms with Gasteiger partial charge in [0.05, 0.1) is 18.6 Å². The summed E-state index contributed by atoms with van der Waals surface area (Å²) in [7, 11) is -2.25. The smallest absolute Gasteiger partial charge is 0.243 e. The van der Waals surface area contributed by atoms with Gasteiger partial charge in [-0.3, -0.25) is 4.79 Å². The van der Waals surface area contributed by atoms with E-state index in [1.807, 2.05) is 25.1 Å². The number of carbonyl (C=O) groups is 1. The van der Waals surface area contributed by atoms with Crippen molar-refractivity contribution in [3.8, 4) is 5.75 Å². The number of ether oxygens (including phenoxy) is 1. The van der Waals surface area contributed by atoms with E-state index in [-0.39, 0.29) is 23.9 Å². The van der Waals surface area contributed by atoms with Crippen molar-refractivity contribution in [3.05, 3.63) is 52.5 Å². The van der Waals surface area contributed by atoms with Gasteiger partial charge in [-0.25, -0.2) is 8.42 Å².